The van der Waals surface area contributed by atoms with Crippen LogP contribution in [0.3, 0.4) is 0 Å². The van der Waals surface area contributed by atoms with Gasteiger partial charge in [-0.2, -0.15) is 10.4 Å². The summed E-state index contributed by atoms with van der Waals surface area (Å²) in [6.45, 7) is 7.89. The lowest BCUT2D eigenvalue weighted by Gasteiger charge is -2.26. The number of hydrogen-bond acceptors (Lipinski definition) is 5. The lowest BCUT2D eigenvalue weighted by molar-refractivity contribution is -0.130. The maximum atomic E-state index is 13.0. The zero-order chi connectivity index (χ0) is 24.1. The van der Waals surface area contributed by atoms with E-state index in [9.17, 15) is 10.1 Å². The molecule has 1 fully saturated rings. The largest absolute Gasteiger partial charge is 0.491 e. The molecule has 2 aromatic carbocycles. The normalized spacial score (nSPS) is 14.2. The number of amides is 1. The number of aryl methyl sites for hydroxylation is 1. The van der Waals surface area contributed by atoms with Crippen molar-refractivity contribution in [2.75, 3.05) is 26.3 Å². The van der Waals surface area contributed by atoms with Crippen molar-refractivity contribution >= 4 is 12.0 Å². The Bertz CT molecular complexity index is 1230. The van der Waals surface area contributed by atoms with Crippen molar-refractivity contribution in [1.29, 1.82) is 5.26 Å². The predicted octanol–water partition coefficient (Wildman–Crippen LogP) is 4.40. The van der Waals surface area contributed by atoms with Crippen molar-refractivity contribution in [1.82, 2.24) is 14.7 Å². The van der Waals surface area contributed by atoms with E-state index < -0.39 is 0 Å². The van der Waals surface area contributed by atoms with E-state index in [1.165, 1.54) is 0 Å². The molecule has 0 N–H and O–H groups in total. The van der Waals surface area contributed by atoms with Crippen LogP contribution in [0.5, 0.6) is 5.75 Å². The number of benzene rings is 2. The van der Waals surface area contributed by atoms with Crippen LogP contribution in [0.2, 0.25) is 0 Å². The van der Waals surface area contributed by atoms with Crippen LogP contribution in [0.15, 0.2) is 60.3 Å². The Hall–Kier alpha value is -3.89. The monoisotopic (exact) mass is 456 g/mol. The molecule has 0 atom stereocenters. The predicted molar refractivity (Wildman–Crippen MR) is 130 cm³/mol. The van der Waals surface area contributed by atoms with E-state index in [2.05, 4.69) is 6.07 Å². The molecule has 1 aliphatic rings. The standard InChI is InChI=1S/C27H28N4O3/c1-19(2)34-25-10-9-21(15-20(25)3)26-23(18-31(29-26)24-7-5-4-6-8-24)16-22(17-28)27(32)30-11-13-33-14-12-30/h4-10,15-16,18-19H,11-14H2,1-3H3/b22-16+. The van der Waals surface area contributed by atoms with Crippen LogP contribution in [0, 0.1) is 18.3 Å². The molecule has 0 unspecified atom stereocenters. The third-order valence-corrected chi connectivity index (χ3v) is 5.52. The fraction of sp³-hybridized carbons (Fsp3) is 0.296. The molecular weight excluding hydrogens is 428 g/mol. The molecule has 2 heterocycles. The average Bonchev–Trinajstić information content (AvgIpc) is 3.28. The van der Waals surface area contributed by atoms with Crippen molar-refractivity contribution in [3.8, 4) is 28.8 Å². The van der Waals surface area contributed by atoms with Gasteiger partial charge in [-0.05, 0) is 62.7 Å². The highest BCUT2D eigenvalue weighted by molar-refractivity contribution is 6.02. The molecule has 0 spiro atoms. The zero-order valence-corrected chi connectivity index (χ0v) is 19.7. The minimum atomic E-state index is -0.291. The maximum Gasteiger partial charge on any atom is 0.264 e. The van der Waals surface area contributed by atoms with Gasteiger partial charge in [0.25, 0.3) is 5.91 Å². The Labute approximate surface area is 199 Å². The molecule has 7 nitrogen and oxygen atoms in total. The van der Waals surface area contributed by atoms with Crippen molar-refractivity contribution in [3.63, 3.8) is 0 Å². The number of carbonyl (C=O) groups excluding carboxylic acids is 1. The lowest BCUT2D eigenvalue weighted by Crippen LogP contribution is -2.41. The van der Waals surface area contributed by atoms with Gasteiger partial charge in [-0.15, -0.1) is 0 Å². The van der Waals surface area contributed by atoms with Gasteiger partial charge in [-0.3, -0.25) is 4.79 Å². The molecule has 1 saturated heterocycles. The van der Waals surface area contributed by atoms with E-state index in [0.717, 1.165) is 22.6 Å². The quantitative estimate of drug-likeness (QED) is 0.406. The number of carbonyl (C=O) groups is 1. The first-order valence-electron chi connectivity index (χ1n) is 11.4. The van der Waals surface area contributed by atoms with Crippen molar-refractivity contribution in [2.24, 2.45) is 0 Å². The molecule has 0 aliphatic carbocycles. The van der Waals surface area contributed by atoms with Gasteiger partial charge in [-0.25, -0.2) is 4.68 Å². The molecule has 4 rings (SSSR count). The number of nitriles is 1. The van der Waals surface area contributed by atoms with Gasteiger partial charge in [0.2, 0.25) is 0 Å². The van der Waals surface area contributed by atoms with Gasteiger partial charge in [0.15, 0.2) is 0 Å². The minimum absolute atomic E-state index is 0.0738. The van der Waals surface area contributed by atoms with E-state index in [-0.39, 0.29) is 17.6 Å². The SMILES string of the molecule is Cc1cc(-c2nn(-c3ccccc3)cc2/C=C(\C#N)C(=O)N2CCOCC2)ccc1OC(C)C. The van der Waals surface area contributed by atoms with E-state index in [0.29, 0.717) is 37.6 Å². The summed E-state index contributed by atoms with van der Waals surface area (Å²) in [7, 11) is 0. The van der Waals surface area contributed by atoms with Crippen LogP contribution in [-0.4, -0.2) is 53.0 Å². The maximum absolute atomic E-state index is 13.0. The Morgan fingerprint density at radius 3 is 2.56 bits per heavy atom. The van der Waals surface area contributed by atoms with Crippen LogP contribution in [-0.2, 0) is 9.53 Å². The number of para-hydroxylation sites is 1. The first-order chi connectivity index (χ1) is 16.5. The highest BCUT2D eigenvalue weighted by Gasteiger charge is 2.22. The Morgan fingerprint density at radius 2 is 1.91 bits per heavy atom. The number of ether oxygens (including phenoxy) is 2. The highest BCUT2D eigenvalue weighted by Crippen LogP contribution is 2.30. The number of hydrogen-bond donors (Lipinski definition) is 0. The molecular formula is C27H28N4O3. The number of aromatic nitrogens is 2. The molecule has 3 aromatic rings. The van der Waals surface area contributed by atoms with Crippen LogP contribution >= 0.6 is 0 Å². The molecule has 1 aliphatic heterocycles. The third kappa shape index (κ3) is 5.19. The number of nitrogens with zero attached hydrogens (tertiary/aromatic N) is 4. The Balaban J connectivity index is 1.77. The van der Waals surface area contributed by atoms with E-state index in [4.69, 9.17) is 14.6 Å². The summed E-state index contributed by atoms with van der Waals surface area (Å²) >= 11 is 0. The summed E-state index contributed by atoms with van der Waals surface area (Å²) in [5, 5.41) is 14.6. The van der Waals surface area contributed by atoms with Crippen LogP contribution in [0.25, 0.3) is 23.0 Å². The van der Waals surface area contributed by atoms with Crippen LogP contribution in [0.4, 0.5) is 0 Å². The average molecular weight is 457 g/mol. The first kappa shape index (κ1) is 23.3. The molecule has 0 saturated carbocycles. The van der Waals surface area contributed by atoms with E-state index in [1.807, 2.05) is 75.5 Å². The third-order valence-electron chi connectivity index (χ3n) is 5.52. The summed E-state index contributed by atoms with van der Waals surface area (Å²) < 4.78 is 13.0. The second kappa shape index (κ2) is 10.4. The minimum Gasteiger partial charge on any atom is -0.491 e. The Morgan fingerprint density at radius 1 is 1.18 bits per heavy atom. The highest BCUT2D eigenvalue weighted by atomic mass is 16.5. The molecule has 1 aromatic heterocycles. The molecule has 1 amide bonds. The molecule has 34 heavy (non-hydrogen) atoms. The summed E-state index contributed by atoms with van der Waals surface area (Å²) in [5.74, 6) is 0.527. The van der Waals surface area contributed by atoms with Gasteiger partial charge >= 0.3 is 0 Å². The second-order valence-electron chi connectivity index (χ2n) is 8.43. The van der Waals surface area contributed by atoms with Crippen LogP contribution < -0.4 is 4.74 Å². The molecule has 0 radical (unpaired) electrons. The topological polar surface area (TPSA) is 80.4 Å². The van der Waals surface area contributed by atoms with E-state index in [1.54, 1.807) is 15.7 Å². The van der Waals surface area contributed by atoms with Gasteiger partial charge in [0.05, 0.1) is 25.0 Å². The fourth-order valence-corrected chi connectivity index (χ4v) is 3.85. The van der Waals surface area contributed by atoms with Gasteiger partial charge < -0.3 is 14.4 Å². The first-order valence-corrected chi connectivity index (χ1v) is 11.4. The summed E-state index contributed by atoms with van der Waals surface area (Å²) in [6.07, 6.45) is 3.56. The van der Waals surface area contributed by atoms with Gasteiger partial charge in [0, 0.05) is 30.4 Å². The summed E-state index contributed by atoms with van der Waals surface area (Å²) in [6, 6.07) is 17.7. The van der Waals surface area contributed by atoms with E-state index >= 15 is 0 Å². The molecule has 174 valence electrons. The number of rotatable bonds is 6. The smallest absolute Gasteiger partial charge is 0.264 e. The van der Waals surface area contributed by atoms with Crippen molar-refractivity contribution in [3.05, 3.63) is 71.4 Å². The van der Waals surface area contributed by atoms with Crippen molar-refractivity contribution in [2.45, 2.75) is 26.9 Å². The summed E-state index contributed by atoms with van der Waals surface area (Å²) in [5.41, 5.74) is 4.21. The van der Waals surface area contributed by atoms with Gasteiger partial charge in [0.1, 0.15) is 23.1 Å². The summed E-state index contributed by atoms with van der Waals surface area (Å²) in [4.78, 5) is 14.7. The van der Waals surface area contributed by atoms with Crippen LogP contribution in [0.1, 0.15) is 25.0 Å². The molecule has 7 heteroatoms. The zero-order valence-electron chi connectivity index (χ0n) is 19.7. The fourth-order valence-electron chi connectivity index (χ4n) is 3.85. The Kier molecular flexibility index (Phi) is 7.09. The van der Waals surface area contributed by atoms with Crippen molar-refractivity contribution < 1.29 is 14.3 Å². The lowest BCUT2D eigenvalue weighted by atomic mass is 10.0. The van der Waals surface area contributed by atoms with Gasteiger partial charge in [-0.1, -0.05) is 18.2 Å². The molecule has 0 bridgehead atoms. The second-order valence-corrected chi connectivity index (χ2v) is 8.43. The number of morpholine rings is 1.